The highest BCUT2D eigenvalue weighted by atomic mass is 32.1. The molecule has 6 heteroatoms. The van der Waals surface area contributed by atoms with E-state index in [0.717, 1.165) is 0 Å². The van der Waals surface area contributed by atoms with Crippen LogP contribution in [0.15, 0.2) is 18.2 Å². The Morgan fingerprint density at radius 2 is 1.75 bits per heavy atom. The van der Waals surface area contributed by atoms with Crippen LogP contribution in [0.2, 0.25) is 0 Å². The van der Waals surface area contributed by atoms with Crippen LogP contribution in [-0.2, 0) is 4.79 Å². The summed E-state index contributed by atoms with van der Waals surface area (Å²) in [5.74, 6) is 0.500. The third-order valence-electron chi connectivity index (χ3n) is 1.83. The minimum atomic E-state index is -0.684. The molecule has 0 spiro atoms. The van der Waals surface area contributed by atoms with Gasteiger partial charge in [-0.2, -0.15) is 0 Å². The van der Waals surface area contributed by atoms with Crippen molar-refractivity contribution in [1.29, 1.82) is 0 Å². The second-order valence-corrected chi connectivity index (χ2v) is 3.33. The molecule has 16 heavy (non-hydrogen) atoms. The maximum atomic E-state index is 10.8. The van der Waals surface area contributed by atoms with Crippen molar-refractivity contribution in [2.75, 3.05) is 19.5 Å². The number of carbonyl (C=O) groups is 1. The molecule has 0 unspecified atom stereocenters. The molecule has 1 rings (SSSR count). The van der Waals surface area contributed by atoms with Crippen LogP contribution < -0.4 is 20.5 Å². The summed E-state index contributed by atoms with van der Waals surface area (Å²) in [5, 5.41) is 2.69. The van der Waals surface area contributed by atoms with Gasteiger partial charge < -0.3 is 20.5 Å². The number of hydrogen-bond donors (Lipinski definition) is 2. The van der Waals surface area contributed by atoms with Crippen molar-refractivity contribution in [3.8, 4) is 11.5 Å². The van der Waals surface area contributed by atoms with Crippen molar-refractivity contribution in [1.82, 2.24) is 0 Å². The fourth-order valence-corrected chi connectivity index (χ4v) is 1.19. The van der Waals surface area contributed by atoms with Crippen LogP contribution in [0, 0.1) is 0 Å². The van der Waals surface area contributed by atoms with Crippen LogP contribution in [0.4, 0.5) is 5.69 Å². The molecule has 0 aliphatic heterocycles. The van der Waals surface area contributed by atoms with Gasteiger partial charge in [0.15, 0.2) is 4.99 Å². The van der Waals surface area contributed by atoms with Crippen LogP contribution in [0.5, 0.6) is 11.5 Å². The zero-order valence-electron chi connectivity index (χ0n) is 8.94. The smallest absolute Gasteiger partial charge is 0.276 e. The SMILES string of the molecule is COc1cc(NC(=S)C(N)=O)cc(OC)c1. The van der Waals surface area contributed by atoms with Crippen LogP contribution in [0.25, 0.3) is 0 Å². The van der Waals surface area contributed by atoms with E-state index in [9.17, 15) is 4.79 Å². The number of nitrogens with one attached hydrogen (secondary N) is 1. The Morgan fingerprint density at radius 1 is 1.25 bits per heavy atom. The summed E-state index contributed by atoms with van der Waals surface area (Å²) in [6.45, 7) is 0. The highest BCUT2D eigenvalue weighted by molar-refractivity contribution is 7.82. The molecule has 86 valence electrons. The van der Waals surface area contributed by atoms with Crippen molar-refractivity contribution in [3.63, 3.8) is 0 Å². The van der Waals surface area contributed by atoms with E-state index in [1.807, 2.05) is 0 Å². The average Bonchev–Trinajstić information content (AvgIpc) is 2.28. The van der Waals surface area contributed by atoms with Crippen molar-refractivity contribution in [2.24, 2.45) is 5.73 Å². The van der Waals surface area contributed by atoms with Crippen LogP contribution >= 0.6 is 12.2 Å². The predicted octanol–water partition coefficient (Wildman–Crippen LogP) is 0.928. The Hall–Kier alpha value is -1.82. The first kappa shape index (κ1) is 12.3. The molecule has 1 aromatic carbocycles. The third-order valence-corrected chi connectivity index (χ3v) is 2.14. The quantitative estimate of drug-likeness (QED) is 0.769. The molecule has 0 saturated heterocycles. The molecule has 3 N–H and O–H groups in total. The largest absolute Gasteiger partial charge is 0.497 e. The number of amides is 1. The zero-order valence-corrected chi connectivity index (χ0v) is 9.76. The standard InChI is InChI=1S/C10H12N2O3S/c1-14-7-3-6(4-8(5-7)15-2)12-10(16)9(11)13/h3-5H,1-2H3,(H2,11,13)(H,12,16). The Kier molecular flexibility index (Phi) is 4.07. The number of anilines is 1. The van der Waals surface area contributed by atoms with E-state index in [1.165, 1.54) is 14.2 Å². The number of hydrogen-bond acceptors (Lipinski definition) is 4. The van der Waals surface area contributed by atoms with Gasteiger partial charge in [-0.1, -0.05) is 12.2 Å². The number of nitrogens with two attached hydrogens (primary N) is 1. The molecule has 0 aromatic heterocycles. The lowest BCUT2D eigenvalue weighted by Gasteiger charge is -2.09. The lowest BCUT2D eigenvalue weighted by molar-refractivity contribution is -0.111. The zero-order chi connectivity index (χ0) is 12.1. The summed E-state index contributed by atoms with van der Waals surface area (Å²) >= 11 is 4.75. The van der Waals surface area contributed by atoms with Crippen LogP contribution in [-0.4, -0.2) is 25.1 Å². The summed E-state index contributed by atoms with van der Waals surface area (Å²) in [6, 6.07) is 5.06. The number of rotatable bonds is 3. The van der Waals surface area contributed by atoms with E-state index in [1.54, 1.807) is 18.2 Å². The molecular formula is C10H12N2O3S. The molecule has 0 fully saturated rings. The van der Waals surface area contributed by atoms with Gasteiger partial charge in [0.05, 0.1) is 14.2 Å². The second kappa shape index (κ2) is 5.32. The van der Waals surface area contributed by atoms with Gasteiger partial charge in [0.1, 0.15) is 11.5 Å². The van der Waals surface area contributed by atoms with Crippen molar-refractivity contribution < 1.29 is 14.3 Å². The number of benzene rings is 1. The number of ether oxygens (including phenoxy) is 2. The maximum Gasteiger partial charge on any atom is 0.276 e. The number of carbonyl (C=O) groups excluding carboxylic acids is 1. The first-order valence-corrected chi connectivity index (χ1v) is 4.81. The second-order valence-electron chi connectivity index (χ2n) is 2.92. The van der Waals surface area contributed by atoms with E-state index in [4.69, 9.17) is 27.4 Å². The lowest BCUT2D eigenvalue weighted by Crippen LogP contribution is -2.27. The first-order chi connectivity index (χ1) is 7.56. The minimum absolute atomic E-state index is 0.0599. The highest BCUT2D eigenvalue weighted by Gasteiger charge is 2.06. The molecule has 5 nitrogen and oxygen atoms in total. The molecule has 0 saturated carbocycles. The Morgan fingerprint density at radius 3 is 2.12 bits per heavy atom. The molecule has 0 heterocycles. The number of methoxy groups -OCH3 is 2. The van der Waals surface area contributed by atoms with Crippen LogP contribution in [0.3, 0.4) is 0 Å². The van der Waals surface area contributed by atoms with Gasteiger partial charge in [0.2, 0.25) is 0 Å². The number of primary amides is 1. The summed E-state index contributed by atoms with van der Waals surface area (Å²) < 4.78 is 10.1. The van der Waals surface area contributed by atoms with Gasteiger partial charge in [-0.15, -0.1) is 0 Å². The van der Waals surface area contributed by atoms with Gasteiger partial charge in [-0.05, 0) is 0 Å². The molecule has 0 radical (unpaired) electrons. The van der Waals surface area contributed by atoms with Gasteiger partial charge in [0.25, 0.3) is 5.91 Å². The summed E-state index contributed by atoms with van der Waals surface area (Å²) in [7, 11) is 3.07. The van der Waals surface area contributed by atoms with Crippen LogP contribution in [0.1, 0.15) is 0 Å². The predicted molar refractivity (Wildman–Crippen MR) is 65.0 cm³/mol. The van der Waals surface area contributed by atoms with E-state index in [-0.39, 0.29) is 4.99 Å². The molecule has 0 aliphatic rings. The lowest BCUT2D eigenvalue weighted by atomic mass is 10.2. The molecule has 0 atom stereocenters. The van der Waals surface area contributed by atoms with Crippen molar-refractivity contribution >= 4 is 28.8 Å². The maximum absolute atomic E-state index is 10.8. The fraction of sp³-hybridized carbons (Fsp3) is 0.200. The molecule has 1 amide bonds. The first-order valence-electron chi connectivity index (χ1n) is 4.40. The molecule has 1 aromatic rings. The van der Waals surface area contributed by atoms with Crippen molar-refractivity contribution in [3.05, 3.63) is 18.2 Å². The third kappa shape index (κ3) is 3.09. The Bertz CT molecular complexity index is 398. The van der Waals surface area contributed by atoms with Gasteiger partial charge in [0, 0.05) is 23.9 Å². The van der Waals surface area contributed by atoms with Crippen molar-refractivity contribution in [2.45, 2.75) is 0 Å². The van der Waals surface area contributed by atoms with Gasteiger partial charge in [-0.3, -0.25) is 4.79 Å². The summed E-state index contributed by atoms with van der Waals surface area (Å²) in [4.78, 5) is 10.7. The Labute approximate surface area is 98.5 Å². The molecule has 0 aliphatic carbocycles. The number of thiocarbonyl (C=S) groups is 1. The van der Waals surface area contributed by atoms with E-state index < -0.39 is 5.91 Å². The summed E-state index contributed by atoms with van der Waals surface area (Å²) in [6.07, 6.45) is 0. The topological polar surface area (TPSA) is 73.6 Å². The van der Waals surface area contributed by atoms with E-state index in [0.29, 0.717) is 17.2 Å². The van der Waals surface area contributed by atoms with E-state index >= 15 is 0 Å². The molecule has 0 bridgehead atoms. The fourth-order valence-electron chi connectivity index (χ4n) is 1.07. The average molecular weight is 240 g/mol. The highest BCUT2D eigenvalue weighted by Crippen LogP contribution is 2.25. The minimum Gasteiger partial charge on any atom is -0.497 e. The summed E-state index contributed by atoms with van der Waals surface area (Å²) in [5.41, 5.74) is 5.60. The monoisotopic (exact) mass is 240 g/mol. The normalized spacial score (nSPS) is 9.38. The van der Waals surface area contributed by atoms with E-state index in [2.05, 4.69) is 5.32 Å². The Balaban J connectivity index is 2.95. The van der Waals surface area contributed by atoms with Gasteiger partial charge in [-0.25, -0.2) is 0 Å². The molecular weight excluding hydrogens is 228 g/mol. The van der Waals surface area contributed by atoms with Gasteiger partial charge >= 0.3 is 0 Å².